The first kappa shape index (κ1) is 13.2. The summed E-state index contributed by atoms with van der Waals surface area (Å²) in [6.07, 6.45) is 2.24. The smallest absolute Gasteiger partial charge is 0.231 e. The Kier molecular flexibility index (Phi) is 4.84. The summed E-state index contributed by atoms with van der Waals surface area (Å²) in [7, 11) is 4.16. The van der Waals surface area contributed by atoms with Crippen LogP contribution in [0.4, 0.5) is 0 Å². The van der Waals surface area contributed by atoms with E-state index < -0.39 is 0 Å². The molecule has 100 valence electrons. The van der Waals surface area contributed by atoms with Crippen molar-refractivity contribution in [3.05, 3.63) is 23.8 Å². The fourth-order valence-electron chi connectivity index (χ4n) is 2.05. The molecule has 1 N–H and O–H groups in total. The second-order valence-corrected chi connectivity index (χ2v) is 4.70. The monoisotopic (exact) mass is 250 g/mol. The second kappa shape index (κ2) is 6.61. The Labute approximate surface area is 109 Å². The molecule has 0 saturated heterocycles. The summed E-state index contributed by atoms with van der Waals surface area (Å²) in [4.78, 5) is 2.36. The lowest BCUT2D eigenvalue weighted by atomic mass is 10.1. The average molecular weight is 250 g/mol. The summed E-state index contributed by atoms with van der Waals surface area (Å²) in [5, 5.41) is 3.17. The number of benzene rings is 1. The third-order valence-corrected chi connectivity index (χ3v) is 3.19. The highest BCUT2D eigenvalue weighted by Gasteiger charge is 2.13. The first-order valence-corrected chi connectivity index (χ1v) is 6.51. The number of nitrogens with one attached hydrogen (secondary N) is 1. The van der Waals surface area contributed by atoms with Gasteiger partial charge in [-0.3, -0.25) is 0 Å². The van der Waals surface area contributed by atoms with Crippen LogP contribution in [0.5, 0.6) is 11.5 Å². The Balaban J connectivity index is 1.76. The van der Waals surface area contributed by atoms with Crippen LogP contribution in [0.1, 0.15) is 12.0 Å². The number of rotatable bonds is 7. The number of fused-ring (bicyclic) bond motifs is 1. The van der Waals surface area contributed by atoms with Gasteiger partial charge in [-0.05, 0) is 57.7 Å². The predicted octanol–water partition coefficient (Wildman–Crippen LogP) is 1.50. The normalized spacial score (nSPS) is 13.3. The van der Waals surface area contributed by atoms with Gasteiger partial charge in [-0.2, -0.15) is 0 Å². The van der Waals surface area contributed by atoms with Crippen LogP contribution in [-0.4, -0.2) is 45.4 Å². The van der Waals surface area contributed by atoms with Crippen LogP contribution in [0.15, 0.2) is 18.2 Å². The van der Waals surface area contributed by atoms with E-state index in [0.29, 0.717) is 6.79 Å². The zero-order chi connectivity index (χ0) is 12.8. The molecule has 0 bridgehead atoms. The first-order chi connectivity index (χ1) is 8.79. The van der Waals surface area contributed by atoms with E-state index in [2.05, 4.69) is 29.4 Å². The molecule has 0 aliphatic carbocycles. The molecular formula is C14H22N2O2. The summed E-state index contributed by atoms with van der Waals surface area (Å²) >= 11 is 0. The largest absolute Gasteiger partial charge is 0.454 e. The lowest BCUT2D eigenvalue weighted by molar-refractivity contribution is 0.174. The number of nitrogens with zero attached hydrogens (tertiary/aromatic N) is 1. The van der Waals surface area contributed by atoms with Crippen molar-refractivity contribution in [2.45, 2.75) is 12.8 Å². The molecule has 1 heterocycles. The maximum absolute atomic E-state index is 5.38. The second-order valence-electron chi connectivity index (χ2n) is 4.70. The van der Waals surface area contributed by atoms with Gasteiger partial charge in [0.25, 0.3) is 0 Å². The van der Waals surface area contributed by atoms with E-state index in [1.165, 1.54) is 12.0 Å². The third kappa shape index (κ3) is 3.62. The minimum atomic E-state index is 0.350. The van der Waals surface area contributed by atoms with Crippen LogP contribution < -0.4 is 14.8 Å². The zero-order valence-electron chi connectivity index (χ0n) is 11.2. The lowest BCUT2D eigenvalue weighted by Crippen LogP contribution is -2.24. The van der Waals surface area contributed by atoms with E-state index in [-0.39, 0.29) is 0 Å². The van der Waals surface area contributed by atoms with Crippen LogP contribution >= 0.6 is 0 Å². The summed E-state index contributed by atoms with van der Waals surface area (Å²) in [5.41, 5.74) is 1.31. The standard InChI is InChI=1S/C14H22N2O2/c1-15-7-3-8-16(2)9-6-12-4-5-13-14(10-12)18-11-17-13/h4-5,10,15H,3,6-9,11H2,1-2H3. The molecule has 0 amide bonds. The number of ether oxygens (including phenoxy) is 2. The molecule has 4 nitrogen and oxygen atoms in total. The Morgan fingerprint density at radius 3 is 2.89 bits per heavy atom. The van der Waals surface area contributed by atoms with Crippen LogP contribution in [0.25, 0.3) is 0 Å². The van der Waals surface area contributed by atoms with Crippen molar-refractivity contribution >= 4 is 0 Å². The SMILES string of the molecule is CNCCCN(C)CCc1ccc2c(c1)OCO2. The molecule has 4 heteroatoms. The van der Waals surface area contributed by atoms with E-state index in [4.69, 9.17) is 9.47 Å². The van der Waals surface area contributed by atoms with E-state index >= 15 is 0 Å². The van der Waals surface area contributed by atoms with Gasteiger partial charge in [0.2, 0.25) is 6.79 Å². The van der Waals surface area contributed by atoms with Gasteiger partial charge in [-0.25, -0.2) is 0 Å². The Bertz CT molecular complexity index is 382. The van der Waals surface area contributed by atoms with Gasteiger partial charge in [0.05, 0.1) is 0 Å². The highest BCUT2D eigenvalue weighted by molar-refractivity contribution is 5.44. The fraction of sp³-hybridized carbons (Fsp3) is 0.571. The molecule has 1 aromatic carbocycles. The van der Waals surface area contributed by atoms with Gasteiger partial charge < -0.3 is 19.7 Å². The van der Waals surface area contributed by atoms with Crippen LogP contribution in [0, 0.1) is 0 Å². The zero-order valence-corrected chi connectivity index (χ0v) is 11.2. The van der Waals surface area contributed by atoms with Gasteiger partial charge in [0.1, 0.15) is 0 Å². The van der Waals surface area contributed by atoms with Gasteiger partial charge in [0, 0.05) is 6.54 Å². The quantitative estimate of drug-likeness (QED) is 0.744. The van der Waals surface area contributed by atoms with E-state index in [1.807, 2.05) is 13.1 Å². The van der Waals surface area contributed by atoms with Crippen LogP contribution in [0.2, 0.25) is 0 Å². The number of likely N-dealkylation sites (N-methyl/N-ethyl adjacent to an activating group) is 1. The van der Waals surface area contributed by atoms with Crippen molar-refractivity contribution in [2.24, 2.45) is 0 Å². The van der Waals surface area contributed by atoms with Crippen molar-refractivity contribution in [2.75, 3.05) is 40.5 Å². The topological polar surface area (TPSA) is 33.7 Å². The molecule has 1 aliphatic heterocycles. The summed E-state index contributed by atoms with van der Waals surface area (Å²) in [5.74, 6) is 1.74. The summed E-state index contributed by atoms with van der Waals surface area (Å²) in [6.45, 7) is 3.63. The highest BCUT2D eigenvalue weighted by Crippen LogP contribution is 2.32. The van der Waals surface area contributed by atoms with Crippen molar-refractivity contribution in [3.63, 3.8) is 0 Å². The minimum absolute atomic E-state index is 0.350. The molecule has 0 unspecified atom stereocenters. The highest BCUT2D eigenvalue weighted by atomic mass is 16.7. The maximum Gasteiger partial charge on any atom is 0.231 e. The van der Waals surface area contributed by atoms with Crippen molar-refractivity contribution in [3.8, 4) is 11.5 Å². The molecule has 1 aromatic rings. The predicted molar refractivity (Wildman–Crippen MR) is 72.3 cm³/mol. The average Bonchev–Trinajstić information content (AvgIpc) is 2.84. The molecule has 0 spiro atoms. The Morgan fingerprint density at radius 1 is 1.22 bits per heavy atom. The maximum atomic E-state index is 5.38. The van der Waals surface area contributed by atoms with Crippen molar-refractivity contribution in [1.82, 2.24) is 10.2 Å². The van der Waals surface area contributed by atoms with Gasteiger partial charge in [0.15, 0.2) is 11.5 Å². The Morgan fingerprint density at radius 2 is 2.06 bits per heavy atom. The molecule has 0 aromatic heterocycles. The molecule has 1 aliphatic rings. The number of hydrogen-bond donors (Lipinski definition) is 1. The third-order valence-electron chi connectivity index (χ3n) is 3.19. The summed E-state index contributed by atoms with van der Waals surface area (Å²) in [6, 6.07) is 6.21. The van der Waals surface area contributed by atoms with Gasteiger partial charge >= 0.3 is 0 Å². The van der Waals surface area contributed by atoms with Crippen molar-refractivity contribution < 1.29 is 9.47 Å². The molecule has 0 saturated carbocycles. The lowest BCUT2D eigenvalue weighted by Gasteiger charge is -2.16. The van der Waals surface area contributed by atoms with Gasteiger partial charge in [-0.1, -0.05) is 6.07 Å². The van der Waals surface area contributed by atoms with E-state index in [9.17, 15) is 0 Å². The van der Waals surface area contributed by atoms with Crippen LogP contribution in [-0.2, 0) is 6.42 Å². The van der Waals surface area contributed by atoms with E-state index in [0.717, 1.165) is 37.6 Å². The molecular weight excluding hydrogens is 228 g/mol. The fourth-order valence-corrected chi connectivity index (χ4v) is 2.05. The number of hydrogen-bond acceptors (Lipinski definition) is 4. The molecule has 0 radical (unpaired) electrons. The first-order valence-electron chi connectivity index (χ1n) is 6.51. The van der Waals surface area contributed by atoms with Gasteiger partial charge in [-0.15, -0.1) is 0 Å². The minimum Gasteiger partial charge on any atom is -0.454 e. The molecule has 0 fully saturated rings. The summed E-state index contributed by atoms with van der Waals surface area (Å²) < 4.78 is 10.7. The molecule has 18 heavy (non-hydrogen) atoms. The van der Waals surface area contributed by atoms with Crippen molar-refractivity contribution in [1.29, 1.82) is 0 Å². The van der Waals surface area contributed by atoms with Crippen LogP contribution in [0.3, 0.4) is 0 Å². The molecule has 0 atom stereocenters. The van der Waals surface area contributed by atoms with E-state index in [1.54, 1.807) is 0 Å². The Hall–Kier alpha value is -1.26. The molecule has 2 rings (SSSR count).